The first kappa shape index (κ1) is 16.5. The lowest BCUT2D eigenvalue weighted by Gasteiger charge is -2.30. The largest absolute Gasteiger partial charge is 0.401 e. The zero-order valence-electron chi connectivity index (χ0n) is 9.70. The number of nitrogens with two attached hydrogens (primary N) is 1. The Kier molecular flexibility index (Phi) is 5.77. The average molecular weight is 265 g/mol. The van der Waals surface area contributed by atoms with Crippen LogP contribution in [0.5, 0.6) is 0 Å². The van der Waals surface area contributed by atoms with Gasteiger partial charge in [0, 0.05) is 6.04 Å². The summed E-state index contributed by atoms with van der Waals surface area (Å²) >= 11 is 0. The summed E-state index contributed by atoms with van der Waals surface area (Å²) in [5.74, 6) is -3.65. The molecule has 0 aliphatic heterocycles. The normalized spacial score (nSPS) is 15.7. The highest BCUT2D eigenvalue weighted by atomic mass is 19.4. The first-order valence-corrected chi connectivity index (χ1v) is 5.43. The van der Waals surface area contributed by atoms with Gasteiger partial charge in [-0.25, -0.2) is 0 Å². The minimum absolute atomic E-state index is 0.211. The number of rotatable bonds is 5. The number of hydrogen-bond acceptors (Lipinski definition) is 1. The van der Waals surface area contributed by atoms with Crippen molar-refractivity contribution in [3.8, 4) is 0 Å². The van der Waals surface area contributed by atoms with Gasteiger partial charge < -0.3 is 5.73 Å². The maximum absolute atomic E-state index is 12.3. The Labute approximate surface area is 96.4 Å². The first-order valence-electron chi connectivity index (χ1n) is 5.43. The smallest absolute Gasteiger partial charge is 0.327 e. The Bertz CT molecular complexity index is 204. The van der Waals surface area contributed by atoms with E-state index in [1.54, 1.807) is 13.8 Å². The molecule has 0 fully saturated rings. The molecule has 0 rings (SSSR count). The summed E-state index contributed by atoms with van der Waals surface area (Å²) in [5, 5.41) is 0. The minimum Gasteiger partial charge on any atom is -0.327 e. The lowest BCUT2D eigenvalue weighted by Crippen LogP contribution is -2.49. The molecule has 0 radical (unpaired) electrons. The molecule has 0 aromatic heterocycles. The van der Waals surface area contributed by atoms with E-state index in [1.807, 2.05) is 0 Å². The zero-order chi connectivity index (χ0) is 13.9. The van der Waals surface area contributed by atoms with Crippen LogP contribution < -0.4 is 5.73 Å². The molecule has 0 amide bonds. The Morgan fingerprint density at radius 1 is 0.882 bits per heavy atom. The molecule has 0 heterocycles. The van der Waals surface area contributed by atoms with Crippen LogP contribution in [0, 0.1) is 11.8 Å². The highest BCUT2D eigenvalue weighted by molar-refractivity contribution is 4.86. The van der Waals surface area contributed by atoms with Gasteiger partial charge in [0.1, 0.15) is 0 Å². The average Bonchev–Trinajstić information content (AvgIpc) is 2.09. The van der Waals surface area contributed by atoms with Crippen molar-refractivity contribution in [1.29, 1.82) is 0 Å². The topological polar surface area (TPSA) is 26.0 Å². The molecule has 2 N–H and O–H groups in total. The van der Waals surface area contributed by atoms with Crippen LogP contribution in [0.3, 0.4) is 0 Å². The fourth-order valence-corrected chi connectivity index (χ4v) is 1.81. The molecule has 0 aliphatic rings. The van der Waals surface area contributed by atoms with Gasteiger partial charge in [-0.2, -0.15) is 26.3 Å². The Morgan fingerprint density at radius 2 is 1.24 bits per heavy atom. The summed E-state index contributed by atoms with van der Waals surface area (Å²) in [6, 6.07) is -1.93. The third-order valence-corrected chi connectivity index (χ3v) is 2.89. The zero-order valence-corrected chi connectivity index (χ0v) is 9.70. The van der Waals surface area contributed by atoms with E-state index in [0.29, 0.717) is 12.8 Å². The van der Waals surface area contributed by atoms with Crippen molar-refractivity contribution >= 4 is 0 Å². The maximum atomic E-state index is 12.3. The van der Waals surface area contributed by atoms with E-state index >= 15 is 0 Å². The van der Waals surface area contributed by atoms with Gasteiger partial charge in [-0.1, -0.05) is 26.7 Å². The Balaban J connectivity index is 4.84. The van der Waals surface area contributed by atoms with Gasteiger partial charge in [0.15, 0.2) is 5.92 Å². The lowest BCUT2D eigenvalue weighted by molar-refractivity contribution is -0.290. The van der Waals surface area contributed by atoms with Gasteiger partial charge in [0.05, 0.1) is 0 Å². The molecule has 1 unspecified atom stereocenters. The van der Waals surface area contributed by atoms with Crippen molar-refractivity contribution < 1.29 is 26.3 Å². The summed E-state index contributed by atoms with van der Waals surface area (Å²) in [4.78, 5) is 0. The van der Waals surface area contributed by atoms with Gasteiger partial charge >= 0.3 is 12.4 Å². The van der Waals surface area contributed by atoms with Crippen LogP contribution in [-0.4, -0.2) is 18.4 Å². The van der Waals surface area contributed by atoms with Crippen LogP contribution >= 0.6 is 0 Å². The predicted octanol–water partition coefficient (Wildman–Crippen LogP) is 3.88. The molecule has 0 saturated carbocycles. The molecule has 0 spiro atoms. The van der Waals surface area contributed by atoms with E-state index in [4.69, 9.17) is 5.73 Å². The lowest BCUT2D eigenvalue weighted by atomic mass is 9.87. The molecule has 0 aromatic rings. The molecule has 104 valence electrons. The van der Waals surface area contributed by atoms with Crippen molar-refractivity contribution in [1.82, 2.24) is 0 Å². The van der Waals surface area contributed by atoms with Crippen molar-refractivity contribution in [3.05, 3.63) is 0 Å². The molecule has 1 atom stereocenters. The second-order valence-corrected chi connectivity index (χ2v) is 4.14. The van der Waals surface area contributed by atoms with Crippen molar-refractivity contribution in [2.75, 3.05) is 0 Å². The summed E-state index contributed by atoms with van der Waals surface area (Å²) in [5.41, 5.74) is 5.10. The third kappa shape index (κ3) is 5.14. The van der Waals surface area contributed by atoms with Crippen LogP contribution in [0.25, 0.3) is 0 Å². The Hall–Kier alpha value is -0.460. The fourth-order valence-electron chi connectivity index (χ4n) is 1.81. The SMILES string of the molecule is CCC(CC)CC(N)C(C(F)(F)F)C(F)(F)F. The number of halogens is 6. The number of hydrogen-bond donors (Lipinski definition) is 1. The second-order valence-electron chi connectivity index (χ2n) is 4.14. The molecular formula is C10H17F6N. The van der Waals surface area contributed by atoms with Gasteiger partial charge in [0.25, 0.3) is 0 Å². The van der Waals surface area contributed by atoms with E-state index in [2.05, 4.69) is 0 Å². The summed E-state index contributed by atoms with van der Waals surface area (Å²) in [6.45, 7) is 3.44. The molecule has 0 aromatic carbocycles. The summed E-state index contributed by atoms with van der Waals surface area (Å²) in [7, 11) is 0. The van der Waals surface area contributed by atoms with E-state index in [9.17, 15) is 26.3 Å². The molecule has 1 nitrogen and oxygen atoms in total. The fraction of sp³-hybridized carbons (Fsp3) is 1.00. The molecule has 0 aliphatic carbocycles. The monoisotopic (exact) mass is 265 g/mol. The standard InChI is InChI=1S/C10H17F6N/c1-3-6(4-2)5-7(17)8(9(11,12)13)10(14,15)16/h6-8H,3-5,17H2,1-2H3. The minimum atomic E-state index is -5.34. The van der Waals surface area contributed by atoms with Gasteiger partial charge in [-0.05, 0) is 12.3 Å². The quantitative estimate of drug-likeness (QED) is 0.750. The van der Waals surface area contributed by atoms with E-state index < -0.39 is 24.3 Å². The maximum Gasteiger partial charge on any atom is 0.401 e. The molecule has 0 bridgehead atoms. The second kappa shape index (κ2) is 5.93. The summed E-state index contributed by atoms with van der Waals surface area (Å²) in [6.07, 6.45) is -9.91. The van der Waals surface area contributed by atoms with Gasteiger partial charge in [-0.15, -0.1) is 0 Å². The van der Waals surface area contributed by atoms with E-state index in [-0.39, 0.29) is 12.3 Å². The van der Waals surface area contributed by atoms with Crippen LogP contribution in [-0.2, 0) is 0 Å². The van der Waals surface area contributed by atoms with Crippen LogP contribution in [0.2, 0.25) is 0 Å². The van der Waals surface area contributed by atoms with E-state index in [0.717, 1.165) is 0 Å². The molecule has 0 saturated heterocycles. The Morgan fingerprint density at radius 3 is 1.47 bits per heavy atom. The predicted molar refractivity (Wildman–Crippen MR) is 52.3 cm³/mol. The van der Waals surface area contributed by atoms with E-state index in [1.165, 1.54) is 0 Å². The van der Waals surface area contributed by atoms with Crippen molar-refractivity contribution in [2.24, 2.45) is 17.6 Å². The van der Waals surface area contributed by atoms with Gasteiger partial charge in [-0.3, -0.25) is 0 Å². The third-order valence-electron chi connectivity index (χ3n) is 2.89. The highest BCUT2D eigenvalue weighted by Crippen LogP contribution is 2.42. The first-order chi connectivity index (χ1) is 7.54. The molecule has 17 heavy (non-hydrogen) atoms. The van der Waals surface area contributed by atoms with Crippen molar-refractivity contribution in [2.45, 2.75) is 51.5 Å². The van der Waals surface area contributed by atoms with Gasteiger partial charge in [0.2, 0.25) is 0 Å². The summed E-state index contributed by atoms with van der Waals surface area (Å²) < 4.78 is 73.9. The highest BCUT2D eigenvalue weighted by Gasteiger charge is 2.59. The molecule has 7 heteroatoms. The van der Waals surface area contributed by atoms with Crippen LogP contribution in [0.4, 0.5) is 26.3 Å². The number of alkyl halides is 6. The van der Waals surface area contributed by atoms with Crippen LogP contribution in [0.15, 0.2) is 0 Å². The van der Waals surface area contributed by atoms with Crippen LogP contribution in [0.1, 0.15) is 33.1 Å². The molecular weight excluding hydrogens is 248 g/mol. The van der Waals surface area contributed by atoms with Crippen molar-refractivity contribution in [3.63, 3.8) is 0 Å².